The van der Waals surface area contributed by atoms with Gasteiger partial charge in [0, 0.05) is 12.6 Å². The van der Waals surface area contributed by atoms with E-state index in [0.717, 1.165) is 0 Å². The molecule has 1 heterocycles. The average Bonchev–Trinajstić information content (AvgIpc) is 2.29. The van der Waals surface area contributed by atoms with E-state index >= 15 is 0 Å². The second-order valence-electron chi connectivity index (χ2n) is 3.61. The molecule has 0 saturated heterocycles. The number of nitro groups is 1. The maximum Gasteiger partial charge on any atom is 0.276 e. The highest BCUT2D eigenvalue weighted by Gasteiger charge is 2.12. The van der Waals surface area contributed by atoms with Crippen molar-refractivity contribution in [2.75, 3.05) is 23.8 Å². The van der Waals surface area contributed by atoms with Crippen molar-refractivity contribution in [3.05, 3.63) is 22.2 Å². The van der Waals surface area contributed by atoms with E-state index in [9.17, 15) is 10.1 Å². The van der Waals surface area contributed by atoms with E-state index in [1.165, 1.54) is 12.1 Å². The molecule has 0 spiro atoms. The molecular formula is C10H16N4O3. The first-order valence-corrected chi connectivity index (χ1v) is 5.34. The standard InChI is InChI=1S/C10H16N4O3/c1-3-11-9-4-8(14(16)17)5-10(13-9)12-7(2)6-15/h4-5,7,15H,3,6H2,1-2H3,(H2,11,12,13). The summed E-state index contributed by atoms with van der Waals surface area (Å²) in [7, 11) is 0. The van der Waals surface area contributed by atoms with E-state index in [4.69, 9.17) is 5.11 Å². The van der Waals surface area contributed by atoms with Gasteiger partial charge in [0.05, 0.1) is 23.7 Å². The van der Waals surface area contributed by atoms with Crippen molar-refractivity contribution in [2.45, 2.75) is 19.9 Å². The van der Waals surface area contributed by atoms with Crippen LogP contribution in [0.5, 0.6) is 0 Å². The number of nitrogens with zero attached hydrogens (tertiary/aromatic N) is 2. The van der Waals surface area contributed by atoms with Crippen molar-refractivity contribution in [3.63, 3.8) is 0 Å². The predicted molar refractivity (Wildman–Crippen MR) is 65.2 cm³/mol. The highest BCUT2D eigenvalue weighted by atomic mass is 16.6. The van der Waals surface area contributed by atoms with Crippen LogP contribution in [0.4, 0.5) is 17.3 Å². The summed E-state index contributed by atoms with van der Waals surface area (Å²) in [6.07, 6.45) is 0. The van der Waals surface area contributed by atoms with Crippen LogP contribution in [0.15, 0.2) is 12.1 Å². The van der Waals surface area contributed by atoms with Crippen molar-refractivity contribution in [1.29, 1.82) is 0 Å². The largest absolute Gasteiger partial charge is 0.394 e. The molecule has 94 valence electrons. The van der Waals surface area contributed by atoms with Crippen LogP contribution in [0.25, 0.3) is 0 Å². The van der Waals surface area contributed by atoms with E-state index in [0.29, 0.717) is 18.2 Å². The zero-order chi connectivity index (χ0) is 12.8. The van der Waals surface area contributed by atoms with Crippen molar-refractivity contribution < 1.29 is 10.0 Å². The summed E-state index contributed by atoms with van der Waals surface area (Å²) in [5.41, 5.74) is -0.0383. The Hall–Kier alpha value is -1.89. The Bertz CT molecular complexity index is 397. The number of nitrogens with one attached hydrogen (secondary N) is 2. The lowest BCUT2D eigenvalue weighted by Crippen LogP contribution is -2.20. The number of aliphatic hydroxyl groups is 1. The number of hydrogen-bond donors (Lipinski definition) is 3. The van der Waals surface area contributed by atoms with Crippen LogP contribution in [0.2, 0.25) is 0 Å². The second kappa shape index (κ2) is 6.00. The van der Waals surface area contributed by atoms with Crippen LogP contribution >= 0.6 is 0 Å². The fourth-order valence-corrected chi connectivity index (χ4v) is 1.27. The summed E-state index contributed by atoms with van der Waals surface area (Å²) in [5, 5.41) is 25.4. The summed E-state index contributed by atoms with van der Waals surface area (Å²) in [6.45, 7) is 4.20. The number of rotatable bonds is 6. The van der Waals surface area contributed by atoms with Crippen LogP contribution in [0.1, 0.15) is 13.8 Å². The van der Waals surface area contributed by atoms with Gasteiger partial charge in [-0.05, 0) is 13.8 Å². The van der Waals surface area contributed by atoms with E-state index in [1.54, 1.807) is 6.92 Å². The SMILES string of the molecule is CCNc1cc([N+](=O)[O-])cc(NC(C)CO)n1. The molecular weight excluding hydrogens is 224 g/mol. The molecule has 0 bridgehead atoms. The van der Waals surface area contributed by atoms with Crippen molar-refractivity contribution in [3.8, 4) is 0 Å². The molecule has 0 aliphatic heterocycles. The third-order valence-corrected chi connectivity index (χ3v) is 2.05. The molecule has 3 N–H and O–H groups in total. The Morgan fingerprint density at radius 2 is 2.18 bits per heavy atom. The van der Waals surface area contributed by atoms with Gasteiger partial charge in [-0.25, -0.2) is 4.98 Å². The molecule has 17 heavy (non-hydrogen) atoms. The van der Waals surface area contributed by atoms with Gasteiger partial charge in [-0.1, -0.05) is 0 Å². The maximum atomic E-state index is 10.7. The van der Waals surface area contributed by atoms with Crippen molar-refractivity contribution >= 4 is 17.3 Å². The molecule has 0 amide bonds. The number of pyridine rings is 1. The quantitative estimate of drug-likeness (QED) is 0.510. The van der Waals surface area contributed by atoms with Gasteiger partial charge in [0.15, 0.2) is 0 Å². The van der Waals surface area contributed by atoms with Crippen LogP contribution in [-0.4, -0.2) is 34.2 Å². The minimum Gasteiger partial charge on any atom is -0.394 e. The maximum absolute atomic E-state index is 10.7. The van der Waals surface area contributed by atoms with Crippen molar-refractivity contribution in [1.82, 2.24) is 4.98 Å². The summed E-state index contributed by atoms with van der Waals surface area (Å²) >= 11 is 0. The summed E-state index contributed by atoms with van der Waals surface area (Å²) in [5.74, 6) is 0.811. The molecule has 1 rings (SSSR count). The van der Waals surface area contributed by atoms with Gasteiger partial charge in [-0.15, -0.1) is 0 Å². The predicted octanol–water partition coefficient (Wildman–Crippen LogP) is 1.21. The molecule has 1 aromatic heterocycles. The number of anilines is 2. The summed E-state index contributed by atoms with van der Waals surface area (Å²) < 4.78 is 0. The Kier molecular flexibility index (Phi) is 4.65. The number of aromatic nitrogens is 1. The van der Waals surface area contributed by atoms with Gasteiger partial charge >= 0.3 is 0 Å². The van der Waals surface area contributed by atoms with E-state index < -0.39 is 4.92 Å². The highest BCUT2D eigenvalue weighted by Crippen LogP contribution is 2.20. The van der Waals surface area contributed by atoms with E-state index in [-0.39, 0.29) is 18.3 Å². The third-order valence-electron chi connectivity index (χ3n) is 2.05. The van der Waals surface area contributed by atoms with Gasteiger partial charge in [-0.3, -0.25) is 10.1 Å². The van der Waals surface area contributed by atoms with Gasteiger partial charge in [0.2, 0.25) is 0 Å². The lowest BCUT2D eigenvalue weighted by molar-refractivity contribution is -0.384. The first-order chi connectivity index (χ1) is 8.06. The second-order valence-corrected chi connectivity index (χ2v) is 3.61. The average molecular weight is 240 g/mol. The van der Waals surface area contributed by atoms with Gasteiger partial charge < -0.3 is 15.7 Å². The molecule has 7 nitrogen and oxygen atoms in total. The molecule has 0 aliphatic rings. The minimum absolute atomic E-state index is 0.0383. The molecule has 0 radical (unpaired) electrons. The van der Waals surface area contributed by atoms with Crippen LogP contribution in [0.3, 0.4) is 0 Å². The van der Waals surface area contributed by atoms with Crippen molar-refractivity contribution in [2.24, 2.45) is 0 Å². The lowest BCUT2D eigenvalue weighted by atomic mass is 10.3. The molecule has 7 heteroatoms. The first-order valence-electron chi connectivity index (χ1n) is 5.34. The molecule has 1 atom stereocenters. The number of aliphatic hydroxyl groups excluding tert-OH is 1. The third kappa shape index (κ3) is 3.87. The van der Waals surface area contributed by atoms with Gasteiger partial charge in [0.25, 0.3) is 5.69 Å². The molecule has 0 fully saturated rings. The summed E-state index contributed by atoms with van der Waals surface area (Å²) in [6, 6.07) is 2.50. The highest BCUT2D eigenvalue weighted by molar-refractivity contribution is 5.54. The van der Waals surface area contributed by atoms with Crippen LogP contribution in [0, 0.1) is 10.1 Å². The van der Waals surface area contributed by atoms with E-state index in [2.05, 4.69) is 15.6 Å². The zero-order valence-electron chi connectivity index (χ0n) is 9.80. The fraction of sp³-hybridized carbons (Fsp3) is 0.500. The smallest absolute Gasteiger partial charge is 0.276 e. The Morgan fingerprint density at radius 3 is 2.71 bits per heavy atom. The Labute approximate surface area is 99.0 Å². The van der Waals surface area contributed by atoms with Crippen LogP contribution < -0.4 is 10.6 Å². The fourth-order valence-electron chi connectivity index (χ4n) is 1.27. The topological polar surface area (TPSA) is 100 Å². The molecule has 1 unspecified atom stereocenters. The molecule has 0 saturated carbocycles. The van der Waals surface area contributed by atoms with Gasteiger partial charge in [-0.2, -0.15) is 0 Å². The molecule has 0 aromatic carbocycles. The minimum atomic E-state index is -0.475. The first kappa shape index (κ1) is 13.2. The Morgan fingerprint density at radius 1 is 1.53 bits per heavy atom. The number of hydrogen-bond acceptors (Lipinski definition) is 6. The van der Waals surface area contributed by atoms with Gasteiger partial charge in [0.1, 0.15) is 11.6 Å². The van der Waals surface area contributed by atoms with Crippen LogP contribution in [-0.2, 0) is 0 Å². The molecule has 0 aliphatic carbocycles. The summed E-state index contributed by atoms with van der Waals surface area (Å²) in [4.78, 5) is 14.4. The Balaban J connectivity index is 2.99. The normalized spacial score (nSPS) is 11.9. The zero-order valence-corrected chi connectivity index (χ0v) is 9.80. The monoisotopic (exact) mass is 240 g/mol. The van der Waals surface area contributed by atoms with E-state index in [1.807, 2.05) is 6.92 Å². The molecule has 1 aromatic rings. The lowest BCUT2D eigenvalue weighted by Gasteiger charge is -2.12.